The second kappa shape index (κ2) is 10.4. The Labute approximate surface area is 179 Å². The van der Waals surface area contributed by atoms with Gasteiger partial charge in [-0.05, 0) is 69.8 Å². The number of aryl methyl sites for hydroxylation is 2. The molecule has 3 rings (SSSR count). The summed E-state index contributed by atoms with van der Waals surface area (Å²) in [5, 5.41) is 9.82. The first kappa shape index (κ1) is 22.0. The molecule has 1 aromatic carbocycles. The van der Waals surface area contributed by atoms with E-state index in [9.17, 15) is 4.79 Å². The number of Topliss-reactive ketones (excluding diaryl/α,β-unsaturated/α-hetero) is 1. The Kier molecular flexibility index (Phi) is 7.90. The molecule has 1 atom stereocenters. The highest BCUT2D eigenvalue weighted by Crippen LogP contribution is 2.27. The van der Waals surface area contributed by atoms with Crippen LogP contribution in [0, 0.1) is 0 Å². The highest BCUT2D eigenvalue weighted by atomic mass is 32.2. The number of ketones is 1. The van der Waals surface area contributed by atoms with Crippen LogP contribution in [0.4, 0.5) is 0 Å². The lowest BCUT2D eigenvalue weighted by Crippen LogP contribution is -2.23. The standard InChI is InChI=1S/C23H34N4OS/c1-5-7-14-27-22(20(6-2)26(3)4)24-25-23(27)29-16-21(28)19-13-12-17-10-8-9-11-18(17)15-19/h12-13,15,20H,5-11,14,16H2,1-4H3. The monoisotopic (exact) mass is 414 g/mol. The van der Waals surface area contributed by atoms with E-state index in [0.29, 0.717) is 5.75 Å². The average Bonchev–Trinajstić information content (AvgIpc) is 3.12. The highest BCUT2D eigenvalue weighted by Gasteiger charge is 2.22. The second-order valence-corrected chi connectivity index (χ2v) is 9.08. The van der Waals surface area contributed by atoms with Crippen molar-refractivity contribution >= 4 is 17.5 Å². The predicted molar refractivity (Wildman–Crippen MR) is 120 cm³/mol. The molecule has 29 heavy (non-hydrogen) atoms. The Hall–Kier alpha value is -1.66. The van der Waals surface area contributed by atoms with Gasteiger partial charge in [0.2, 0.25) is 0 Å². The number of thioether (sulfide) groups is 1. The zero-order chi connectivity index (χ0) is 20.8. The summed E-state index contributed by atoms with van der Waals surface area (Å²) in [7, 11) is 4.17. The fourth-order valence-electron chi connectivity index (χ4n) is 4.08. The summed E-state index contributed by atoms with van der Waals surface area (Å²) >= 11 is 1.52. The summed E-state index contributed by atoms with van der Waals surface area (Å²) < 4.78 is 2.22. The fraction of sp³-hybridized carbons (Fsp3) is 0.609. The summed E-state index contributed by atoms with van der Waals surface area (Å²) in [6.45, 7) is 5.27. The number of hydrogen-bond donors (Lipinski definition) is 0. The summed E-state index contributed by atoms with van der Waals surface area (Å²) in [4.78, 5) is 15.0. The molecule has 5 nitrogen and oxygen atoms in total. The molecule has 0 spiro atoms. The molecule has 0 amide bonds. The van der Waals surface area contributed by atoms with E-state index in [1.165, 1.54) is 35.7 Å². The zero-order valence-electron chi connectivity index (χ0n) is 18.3. The first-order chi connectivity index (χ1) is 14.0. The van der Waals surface area contributed by atoms with Gasteiger partial charge in [-0.25, -0.2) is 0 Å². The molecule has 0 N–H and O–H groups in total. The molecular formula is C23H34N4OS. The van der Waals surface area contributed by atoms with Crippen molar-refractivity contribution in [1.82, 2.24) is 19.7 Å². The van der Waals surface area contributed by atoms with Gasteiger partial charge in [0.15, 0.2) is 16.8 Å². The Bertz CT molecular complexity index is 830. The van der Waals surface area contributed by atoms with Gasteiger partial charge in [0.05, 0.1) is 11.8 Å². The minimum absolute atomic E-state index is 0.176. The smallest absolute Gasteiger partial charge is 0.191 e. The fourth-order valence-corrected chi connectivity index (χ4v) is 4.94. The number of unbranched alkanes of at least 4 members (excludes halogenated alkanes) is 1. The van der Waals surface area contributed by atoms with Crippen LogP contribution in [0.2, 0.25) is 0 Å². The Morgan fingerprint density at radius 3 is 2.62 bits per heavy atom. The SMILES string of the molecule is CCCCn1c(SCC(=O)c2ccc3c(c2)CCCC3)nnc1C(CC)N(C)C. The maximum Gasteiger partial charge on any atom is 0.191 e. The van der Waals surface area contributed by atoms with Crippen LogP contribution in [0.25, 0.3) is 0 Å². The number of carbonyl (C=O) groups is 1. The van der Waals surface area contributed by atoms with Crippen LogP contribution in [-0.4, -0.2) is 45.3 Å². The van der Waals surface area contributed by atoms with Crippen LogP contribution < -0.4 is 0 Å². The molecule has 0 fully saturated rings. The van der Waals surface area contributed by atoms with Crippen LogP contribution >= 0.6 is 11.8 Å². The molecule has 6 heteroatoms. The molecule has 0 saturated heterocycles. The molecule has 1 aliphatic carbocycles. The van der Waals surface area contributed by atoms with Crippen molar-refractivity contribution in [3.63, 3.8) is 0 Å². The van der Waals surface area contributed by atoms with Crippen molar-refractivity contribution < 1.29 is 4.79 Å². The van der Waals surface area contributed by atoms with Gasteiger partial charge in [-0.1, -0.05) is 44.2 Å². The number of nitrogens with zero attached hydrogens (tertiary/aromatic N) is 4. The summed E-state index contributed by atoms with van der Waals surface area (Å²) in [5.74, 6) is 1.59. The average molecular weight is 415 g/mol. The Morgan fingerprint density at radius 2 is 1.93 bits per heavy atom. The lowest BCUT2D eigenvalue weighted by atomic mass is 9.90. The number of hydrogen-bond acceptors (Lipinski definition) is 5. The summed E-state index contributed by atoms with van der Waals surface area (Å²) in [5.41, 5.74) is 3.61. The van der Waals surface area contributed by atoms with Crippen molar-refractivity contribution in [3.05, 3.63) is 40.7 Å². The number of carbonyl (C=O) groups excluding carboxylic acids is 1. The van der Waals surface area contributed by atoms with Gasteiger partial charge in [-0.3, -0.25) is 9.69 Å². The third-order valence-corrected chi connectivity index (χ3v) is 6.76. The van der Waals surface area contributed by atoms with E-state index in [4.69, 9.17) is 0 Å². The molecule has 0 radical (unpaired) electrons. The maximum absolute atomic E-state index is 12.8. The van der Waals surface area contributed by atoms with Crippen molar-refractivity contribution in [2.45, 2.75) is 76.5 Å². The first-order valence-electron chi connectivity index (χ1n) is 10.9. The lowest BCUT2D eigenvalue weighted by Gasteiger charge is -2.23. The molecule has 0 aliphatic heterocycles. The lowest BCUT2D eigenvalue weighted by molar-refractivity contribution is 0.102. The van der Waals surface area contributed by atoms with Crippen LogP contribution in [0.15, 0.2) is 23.4 Å². The van der Waals surface area contributed by atoms with Gasteiger partial charge in [0, 0.05) is 12.1 Å². The maximum atomic E-state index is 12.8. The van der Waals surface area contributed by atoms with E-state index in [1.54, 1.807) is 0 Å². The van der Waals surface area contributed by atoms with E-state index >= 15 is 0 Å². The topological polar surface area (TPSA) is 51.0 Å². The number of aromatic nitrogens is 3. The molecule has 0 bridgehead atoms. The molecule has 1 unspecified atom stereocenters. The van der Waals surface area contributed by atoms with Crippen LogP contribution in [-0.2, 0) is 19.4 Å². The van der Waals surface area contributed by atoms with Gasteiger partial charge < -0.3 is 4.57 Å². The minimum Gasteiger partial charge on any atom is -0.305 e. The summed E-state index contributed by atoms with van der Waals surface area (Å²) in [6, 6.07) is 6.51. The van der Waals surface area contributed by atoms with E-state index in [1.807, 2.05) is 6.07 Å². The normalized spacial score (nSPS) is 14.8. The van der Waals surface area contributed by atoms with Crippen molar-refractivity contribution in [1.29, 1.82) is 0 Å². The van der Waals surface area contributed by atoms with Crippen LogP contribution in [0.5, 0.6) is 0 Å². The first-order valence-corrected chi connectivity index (χ1v) is 11.9. The molecule has 0 saturated carbocycles. The minimum atomic E-state index is 0.176. The predicted octanol–water partition coefficient (Wildman–Crippen LogP) is 4.94. The van der Waals surface area contributed by atoms with E-state index in [0.717, 1.165) is 55.2 Å². The van der Waals surface area contributed by atoms with E-state index < -0.39 is 0 Å². The third kappa shape index (κ3) is 5.28. The summed E-state index contributed by atoms with van der Waals surface area (Å²) in [6.07, 6.45) is 7.92. The number of rotatable bonds is 10. The Morgan fingerprint density at radius 1 is 1.17 bits per heavy atom. The van der Waals surface area contributed by atoms with Gasteiger partial charge in [0.25, 0.3) is 0 Å². The van der Waals surface area contributed by atoms with E-state index in [-0.39, 0.29) is 11.8 Å². The van der Waals surface area contributed by atoms with E-state index in [2.05, 4.69) is 59.7 Å². The molecular weight excluding hydrogens is 380 g/mol. The van der Waals surface area contributed by atoms with Gasteiger partial charge >= 0.3 is 0 Å². The quantitative estimate of drug-likeness (QED) is 0.407. The largest absolute Gasteiger partial charge is 0.305 e. The Balaban J connectivity index is 1.74. The van der Waals surface area contributed by atoms with Crippen LogP contribution in [0.3, 0.4) is 0 Å². The van der Waals surface area contributed by atoms with Crippen molar-refractivity contribution in [2.75, 3.05) is 19.8 Å². The number of benzene rings is 1. The zero-order valence-corrected chi connectivity index (χ0v) is 19.1. The van der Waals surface area contributed by atoms with Gasteiger partial charge in [-0.15, -0.1) is 10.2 Å². The van der Waals surface area contributed by atoms with Crippen molar-refractivity contribution in [2.24, 2.45) is 0 Å². The molecule has 1 aliphatic rings. The van der Waals surface area contributed by atoms with Crippen molar-refractivity contribution in [3.8, 4) is 0 Å². The second-order valence-electron chi connectivity index (χ2n) is 8.14. The van der Waals surface area contributed by atoms with Crippen LogP contribution in [0.1, 0.15) is 79.3 Å². The molecule has 158 valence electrons. The molecule has 1 heterocycles. The highest BCUT2D eigenvalue weighted by molar-refractivity contribution is 7.99. The molecule has 2 aromatic rings. The third-order valence-electron chi connectivity index (χ3n) is 5.79. The van der Waals surface area contributed by atoms with Gasteiger partial charge in [0.1, 0.15) is 0 Å². The molecule has 1 aromatic heterocycles. The number of fused-ring (bicyclic) bond motifs is 1. The van der Waals surface area contributed by atoms with Gasteiger partial charge in [-0.2, -0.15) is 0 Å².